The zero-order valence-electron chi connectivity index (χ0n) is 9.70. The van der Waals surface area contributed by atoms with Crippen molar-refractivity contribution >= 4 is 0 Å². The number of rotatable bonds is 4. The number of likely N-dealkylation sites (N-methyl/N-ethyl adjacent to an activating group) is 1. The topological polar surface area (TPSA) is 3.24 Å². The van der Waals surface area contributed by atoms with Gasteiger partial charge >= 0.3 is 0 Å². The lowest BCUT2D eigenvalue weighted by Crippen LogP contribution is -2.34. The van der Waals surface area contributed by atoms with Gasteiger partial charge in [0, 0.05) is 6.04 Å². The zero-order valence-corrected chi connectivity index (χ0v) is 9.70. The Morgan fingerprint density at radius 3 is 2.07 bits per heavy atom. The monoisotopic (exact) mass is 191 g/mol. The van der Waals surface area contributed by atoms with Crippen molar-refractivity contribution in [3.8, 4) is 0 Å². The third-order valence-corrected chi connectivity index (χ3v) is 2.72. The van der Waals surface area contributed by atoms with Crippen LogP contribution in [0.2, 0.25) is 0 Å². The van der Waals surface area contributed by atoms with Crippen molar-refractivity contribution in [3.05, 3.63) is 35.9 Å². The van der Waals surface area contributed by atoms with Gasteiger partial charge in [0.2, 0.25) is 0 Å². The molecule has 0 radical (unpaired) electrons. The van der Waals surface area contributed by atoms with Crippen LogP contribution in [0.1, 0.15) is 19.4 Å². The van der Waals surface area contributed by atoms with Crippen LogP contribution < -0.4 is 0 Å². The highest BCUT2D eigenvalue weighted by molar-refractivity contribution is 5.16. The van der Waals surface area contributed by atoms with Crippen LogP contribution in [0.15, 0.2) is 30.3 Å². The molecule has 0 aliphatic rings. The summed E-state index contributed by atoms with van der Waals surface area (Å²) in [6, 6.07) is 11.4. The molecule has 14 heavy (non-hydrogen) atoms. The van der Waals surface area contributed by atoms with Crippen molar-refractivity contribution in [2.24, 2.45) is 5.92 Å². The molecule has 0 spiro atoms. The maximum atomic E-state index is 2.32. The molecule has 0 N–H and O–H groups in total. The van der Waals surface area contributed by atoms with Crippen molar-refractivity contribution in [3.63, 3.8) is 0 Å². The molecule has 0 amide bonds. The van der Waals surface area contributed by atoms with Crippen LogP contribution in [0.5, 0.6) is 0 Å². The lowest BCUT2D eigenvalue weighted by atomic mass is 9.96. The molecule has 1 heteroatoms. The van der Waals surface area contributed by atoms with Gasteiger partial charge in [-0.05, 0) is 32.0 Å². The molecule has 0 bridgehead atoms. The van der Waals surface area contributed by atoms with Crippen LogP contribution in [-0.2, 0) is 6.42 Å². The van der Waals surface area contributed by atoms with Gasteiger partial charge in [0.15, 0.2) is 0 Å². The smallest absolute Gasteiger partial charge is 0.0152 e. The van der Waals surface area contributed by atoms with E-state index in [4.69, 9.17) is 0 Å². The van der Waals surface area contributed by atoms with Crippen molar-refractivity contribution in [2.75, 3.05) is 14.1 Å². The van der Waals surface area contributed by atoms with E-state index in [2.05, 4.69) is 63.2 Å². The highest BCUT2D eigenvalue weighted by Crippen LogP contribution is 2.13. The van der Waals surface area contributed by atoms with Gasteiger partial charge in [-0.1, -0.05) is 44.2 Å². The fourth-order valence-corrected chi connectivity index (χ4v) is 1.87. The highest BCUT2D eigenvalue weighted by Gasteiger charge is 2.15. The molecule has 1 rings (SSSR count). The molecule has 78 valence electrons. The summed E-state index contributed by atoms with van der Waals surface area (Å²) >= 11 is 0. The third kappa shape index (κ3) is 3.15. The standard InChI is InChI=1S/C13H21N/c1-11(2)13(14(3)4)10-12-8-6-5-7-9-12/h5-9,11,13H,10H2,1-4H3. The molecule has 0 saturated heterocycles. The van der Waals surface area contributed by atoms with E-state index in [1.54, 1.807) is 0 Å². The van der Waals surface area contributed by atoms with Crippen molar-refractivity contribution < 1.29 is 0 Å². The minimum absolute atomic E-state index is 0.636. The summed E-state index contributed by atoms with van der Waals surface area (Å²) in [6.45, 7) is 4.57. The number of benzene rings is 1. The lowest BCUT2D eigenvalue weighted by Gasteiger charge is -2.28. The van der Waals surface area contributed by atoms with E-state index in [0.29, 0.717) is 12.0 Å². The van der Waals surface area contributed by atoms with Gasteiger partial charge in [0.25, 0.3) is 0 Å². The fraction of sp³-hybridized carbons (Fsp3) is 0.538. The summed E-state index contributed by atoms with van der Waals surface area (Å²) in [5, 5.41) is 0. The van der Waals surface area contributed by atoms with Crippen LogP contribution in [0.25, 0.3) is 0 Å². The second-order valence-electron chi connectivity index (χ2n) is 4.46. The van der Waals surface area contributed by atoms with Crippen LogP contribution in [0.3, 0.4) is 0 Å². The molecule has 0 heterocycles. The molecule has 1 aromatic rings. The first kappa shape index (κ1) is 11.3. The average Bonchev–Trinajstić information content (AvgIpc) is 2.15. The fourth-order valence-electron chi connectivity index (χ4n) is 1.87. The van der Waals surface area contributed by atoms with E-state index in [1.807, 2.05) is 0 Å². The van der Waals surface area contributed by atoms with Gasteiger partial charge in [0.1, 0.15) is 0 Å². The SMILES string of the molecule is CC(C)C(Cc1ccccc1)N(C)C. The summed E-state index contributed by atoms with van der Waals surface area (Å²) in [5.74, 6) is 0.699. The summed E-state index contributed by atoms with van der Waals surface area (Å²) < 4.78 is 0. The Labute approximate surface area is 87.7 Å². The average molecular weight is 191 g/mol. The van der Waals surface area contributed by atoms with Crippen molar-refractivity contribution in [1.29, 1.82) is 0 Å². The highest BCUT2D eigenvalue weighted by atomic mass is 15.1. The molecule has 1 aromatic carbocycles. The summed E-state index contributed by atoms with van der Waals surface area (Å²) in [5.41, 5.74) is 1.43. The van der Waals surface area contributed by atoms with Crippen LogP contribution >= 0.6 is 0 Å². The minimum Gasteiger partial charge on any atom is -0.306 e. The second kappa shape index (κ2) is 5.16. The first-order chi connectivity index (χ1) is 6.61. The molecule has 1 nitrogen and oxygen atoms in total. The summed E-state index contributed by atoms with van der Waals surface area (Å²) in [4.78, 5) is 2.32. The zero-order chi connectivity index (χ0) is 10.6. The first-order valence-corrected chi connectivity index (χ1v) is 5.31. The Kier molecular flexibility index (Phi) is 4.15. The number of nitrogens with zero attached hydrogens (tertiary/aromatic N) is 1. The van der Waals surface area contributed by atoms with E-state index in [0.717, 1.165) is 6.42 Å². The molecule has 0 aliphatic heterocycles. The molecule has 0 fully saturated rings. The Bertz CT molecular complexity index is 243. The Morgan fingerprint density at radius 1 is 1.07 bits per heavy atom. The normalized spacial score (nSPS) is 13.6. The largest absolute Gasteiger partial charge is 0.306 e. The van der Waals surface area contributed by atoms with Crippen molar-refractivity contribution in [1.82, 2.24) is 4.90 Å². The van der Waals surface area contributed by atoms with E-state index >= 15 is 0 Å². The summed E-state index contributed by atoms with van der Waals surface area (Å²) in [7, 11) is 4.32. The molecule has 0 saturated carbocycles. The van der Waals surface area contributed by atoms with Gasteiger partial charge in [-0.25, -0.2) is 0 Å². The summed E-state index contributed by atoms with van der Waals surface area (Å²) in [6.07, 6.45) is 1.14. The molecule has 1 unspecified atom stereocenters. The molecule has 0 aliphatic carbocycles. The predicted molar refractivity (Wildman–Crippen MR) is 62.5 cm³/mol. The maximum absolute atomic E-state index is 2.32. The quantitative estimate of drug-likeness (QED) is 0.707. The van der Waals surface area contributed by atoms with Gasteiger partial charge in [-0.3, -0.25) is 0 Å². The van der Waals surface area contributed by atoms with Crippen molar-refractivity contribution in [2.45, 2.75) is 26.3 Å². The van der Waals surface area contributed by atoms with Gasteiger partial charge in [-0.2, -0.15) is 0 Å². The Hall–Kier alpha value is -0.820. The molecule has 1 atom stereocenters. The molecular formula is C13H21N. The van der Waals surface area contributed by atoms with Gasteiger partial charge < -0.3 is 4.90 Å². The first-order valence-electron chi connectivity index (χ1n) is 5.31. The second-order valence-corrected chi connectivity index (χ2v) is 4.46. The number of hydrogen-bond acceptors (Lipinski definition) is 1. The van der Waals surface area contributed by atoms with Crippen LogP contribution in [0, 0.1) is 5.92 Å². The maximum Gasteiger partial charge on any atom is 0.0152 e. The molecular weight excluding hydrogens is 170 g/mol. The van der Waals surface area contributed by atoms with Gasteiger partial charge in [-0.15, -0.1) is 0 Å². The Morgan fingerprint density at radius 2 is 1.64 bits per heavy atom. The Balaban J connectivity index is 2.65. The minimum atomic E-state index is 0.636. The van der Waals surface area contributed by atoms with Crippen LogP contribution in [0.4, 0.5) is 0 Å². The lowest BCUT2D eigenvalue weighted by molar-refractivity contribution is 0.230. The van der Waals surface area contributed by atoms with E-state index in [9.17, 15) is 0 Å². The van der Waals surface area contributed by atoms with E-state index < -0.39 is 0 Å². The third-order valence-electron chi connectivity index (χ3n) is 2.72. The van der Waals surface area contributed by atoms with E-state index in [1.165, 1.54) is 5.56 Å². The van der Waals surface area contributed by atoms with Gasteiger partial charge in [0.05, 0.1) is 0 Å². The number of hydrogen-bond donors (Lipinski definition) is 0. The predicted octanol–water partition coefficient (Wildman–Crippen LogP) is 2.82. The van der Waals surface area contributed by atoms with Crippen LogP contribution in [-0.4, -0.2) is 25.0 Å². The van der Waals surface area contributed by atoms with E-state index in [-0.39, 0.29) is 0 Å². The molecule has 0 aromatic heterocycles.